The average Bonchev–Trinajstić information content (AvgIpc) is 3.20. The van der Waals surface area contributed by atoms with E-state index in [1.165, 1.54) is 6.07 Å². The van der Waals surface area contributed by atoms with E-state index in [0.29, 0.717) is 34.4 Å². The molecular formula is C23H26Cl2FN7O. The second-order valence-corrected chi connectivity index (χ2v) is 8.07. The highest BCUT2D eigenvalue weighted by molar-refractivity contribution is 5.85. The standard InChI is InChI=1S/C23H24FN7O.2ClH/c1-3-17-13-30(7-6-25-17)23-26-10-20(28-29-23)18-5-4-15(9-21(18)32)16-8-19(24)22-27-14(2)11-31(22)12-16;;/h4-5,8-12,17,25,32H,3,6-7,13H2,1-2H3;2*1H. The number of phenolic OH excluding ortho intramolecular Hbond substituents is 1. The maximum atomic E-state index is 14.4. The largest absolute Gasteiger partial charge is 0.507 e. The number of benzene rings is 1. The van der Waals surface area contributed by atoms with Crippen LogP contribution in [0.15, 0.2) is 42.9 Å². The highest BCUT2D eigenvalue weighted by atomic mass is 35.5. The Labute approximate surface area is 209 Å². The van der Waals surface area contributed by atoms with E-state index in [-0.39, 0.29) is 36.2 Å². The molecule has 1 atom stereocenters. The molecule has 1 saturated heterocycles. The number of aryl methyl sites for hydroxylation is 1. The molecule has 11 heteroatoms. The molecule has 0 bridgehead atoms. The minimum Gasteiger partial charge on any atom is -0.507 e. The lowest BCUT2D eigenvalue weighted by Crippen LogP contribution is -2.51. The summed E-state index contributed by atoms with van der Waals surface area (Å²) >= 11 is 0. The average molecular weight is 506 g/mol. The van der Waals surface area contributed by atoms with E-state index < -0.39 is 5.82 Å². The van der Waals surface area contributed by atoms with Crippen LogP contribution in [0, 0.1) is 12.7 Å². The van der Waals surface area contributed by atoms with Crippen LogP contribution < -0.4 is 10.2 Å². The van der Waals surface area contributed by atoms with E-state index in [1.54, 1.807) is 35.1 Å². The van der Waals surface area contributed by atoms with Crippen LogP contribution in [0.25, 0.3) is 28.0 Å². The van der Waals surface area contributed by atoms with Crippen LogP contribution >= 0.6 is 24.8 Å². The number of pyridine rings is 1. The number of piperazine rings is 1. The molecule has 1 aliphatic heterocycles. The van der Waals surface area contributed by atoms with Crippen molar-refractivity contribution in [2.24, 2.45) is 0 Å². The van der Waals surface area contributed by atoms with E-state index >= 15 is 0 Å². The van der Waals surface area contributed by atoms with Gasteiger partial charge in [0.2, 0.25) is 5.95 Å². The van der Waals surface area contributed by atoms with Crippen molar-refractivity contribution in [1.29, 1.82) is 0 Å². The van der Waals surface area contributed by atoms with Crippen molar-refractivity contribution in [3.05, 3.63) is 54.4 Å². The fourth-order valence-electron chi connectivity index (χ4n) is 4.08. The van der Waals surface area contributed by atoms with E-state index in [2.05, 4.69) is 37.3 Å². The predicted molar refractivity (Wildman–Crippen MR) is 135 cm³/mol. The molecule has 0 aliphatic carbocycles. The summed E-state index contributed by atoms with van der Waals surface area (Å²) in [5.41, 5.74) is 3.34. The van der Waals surface area contributed by atoms with Gasteiger partial charge in [0.1, 0.15) is 11.4 Å². The smallest absolute Gasteiger partial charge is 0.245 e. The maximum absolute atomic E-state index is 14.4. The lowest BCUT2D eigenvalue weighted by Gasteiger charge is -2.32. The second kappa shape index (κ2) is 10.5. The SMILES string of the molecule is CCC1CN(c2ncc(-c3ccc(-c4cc(F)c5nc(C)cn5c4)cc3O)nn2)CCN1.Cl.Cl. The highest BCUT2D eigenvalue weighted by Gasteiger charge is 2.20. The number of aromatic hydroxyl groups is 1. The molecule has 4 heterocycles. The Hall–Kier alpha value is -3.01. The van der Waals surface area contributed by atoms with Crippen molar-refractivity contribution in [2.45, 2.75) is 26.3 Å². The third kappa shape index (κ3) is 4.91. The molecule has 180 valence electrons. The van der Waals surface area contributed by atoms with Crippen LogP contribution in [0.5, 0.6) is 5.75 Å². The number of fused-ring (bicyclic) bond motifs is 1. The number of hydrogen-bond donors (Lipinski definition) is 2. The number of phenols is 1. The van der Waals surface area contributed by atoms with Crippen molar-refractivity contribution >= 4 is 36.4 Å². The first-order chi connectivity index (χ1) is 15.5. The third-order valence-electron chi connectivity index (χ3n) is 5.81. The van der Waals surface area contributed by atoms with Gasteiger partial charge in [-0.05, 0) is 37.1 Å². The summed E-state index contributed by atoms with van der Waals surface area (Å²) in [7, 11) is 0. The van der Waals surface area contributed by atoms with Gasteiger partial charge in [-0.25, -0.2) is 14.4 Å². The Balaban J connectivity index is 0.00000162. The van der Waals surface area contributed by atoms with Gasteiger partial charge in [0.05, 0.1) is 11.9 Å². The molecule has 1 aromatic carbocycles. The number of halogens is 3. The van der Waals surface area contributed by atoms with Crippen LogP contribution in [0.2, 0.25) is 0 Å². The fraction of sp³-hybridized carbons (Fsp3) is 0.304. The molecule has 5 rings (SSSR count). The number of nitrogens with zero attached hydrogens (tertiary/aromatic N) is 6. The Kier molecular flexibility index (Phi) is 7.91. The summed E-state index contributed by atoms with van der Waals surface area (Å²) in [6.45, 7) is 6.52. The van der Waals surface area contributed by atoms with Crippen LogP contribution in [0.3, 0.4) is 0 Å². The Bertz CT molecular complexity index is 1280. The van der Waals surface area contributed by atoms with Crippen molar-refractivity contribution in [3.8, 4) is 28.1 Å². The van der Waals surface area contributed by atoms with Crippen molar-refractivity contribution in [3.63, 3.8) is 0 Å². The molecule has 1 unspecified atom stereocenters. The van der Waals surface area contributed by atoms with Gasteiger partial charge in [-0.1, -0.05) is 13.0 Å². The van der Waals surface area contributed by atoms with E-state index in [4.69, 9.17) is 0 Å². The summed E-state index contributed by atoms with van der Waals surface area (Å²) in [6.07, 6.45) is 6.22. The Morgan fingerprint density at radius 1 is 1.15 bits per heavy atom. The zero-order chi connectivity index (χ0) is 22.2. The van der Waals surface area contributed by atoms with Crippen LogP contribution in [0.1, 0.15) is 19.0 Å². The normalized spacial score (nSPS) is 15.6. The second-order valence-electron chi connectivity index (χ2n) is 8.07. The van der Waals surface area contributed by atoms with Crippen LogP contribution in [0.4, 0.5) is 10.3 Å². The minimum absolute atomic E-state index is 0. The lowest BCUT2D eigenvalue weighted by atomic mass is 10.0. The summed E-state index contributed by atoms with van der Waals surface area (Å²) in [5.74, 6) is 0.203. The number of hydrogen-bond acceptors (Lipinski definition) is 7. The van der Waals surface area contributed by atoms with E-state index in [0.717, 1.165) is 31.7 Å². The van der Waals surface area contributed by atoms with Gasteiger partial charge in [0, 0.05) is 49.2 Å². The minimum atomic E-state index is -0.414. The summed E-state index contributed by atoms with van der Waals surface area (Å²) in [4.78, 5) is 10.8. The molecule has 0 radical (unpaired) electrons. The number of anilines is 1. The van der Waals surface area contributed by atoms with Gasteiger partial charge in [-0.2, -0.15) is 0 Å². The molecule has 3 aromatic heterocycles. The topological polar surface area (TPSA) is 91.5 Å². The molecule has 0 amide bonds. The molecule has 8 nitrogen and oxygen atoms in total. The molecule has 0 spiro atoms. The molecular weight excluding hydrogens is 480 g/mol. The summed E-state index contributed by atoms with van der Waals surface area (Å²) in [5, 5.41) is 22.7. The van der Waals surface area contributed by atoms with Crippen LogP contribution in [-0.4, -0.2) is 55.3 Å². The number of rotatable bonds is 4. The van der Waals surface area contributed by atoms with Crippen molar-refractivity contribution in [2.75, 3.05) is 24.5 Å². The van der Waals surface area contributed by atoms with Gasteiger partial charge >= 0.3 is 0 Å². The first kappa shape index (κ1) is 25.6. The molecule has 2 N–H and O–H groups in total. The fourth-order valence-corrected chi connectivity index (χ4v) is 4.08. The first-order valence-corrected chi connectivity index (χ1v) is 10.7. The van der Waals surface area contributed by atoms with Gasteiger partial charge in [-0.3, -0.25) is 0 Å². The third-order valence-corrected chi connectivity index (χ3v) is 5.81. The van der Waals surface area contributed by atoms with Crippen molar-refractivity contribution in [1.82, 2.24) is 29.9 Å². The van der Waals surface area contributed by atoms with Gasteiger partial charge < -0.3 is 19.7 Å². The van der Waals surface area contributed by atoms with Crippen LogP contribution in [-0.2, 0) is 0 Å². The van der Waals surface area contributed by atoms with Gasteiger partial charge in [-0.15, -0.1) is 35.0 Å². The number of aromatic nitrogens is 5. The zero-order valence-corrected chi connectivity index (χ0v) is 20.4. The lowest BCUT2D eigenvalue weighted by molar-refractivity contribution is 0.442. The molecule has 1 aliphatic rings. The van der Waals surface area contributed by atoms with E-state index in [1.807, 2.05) is 13.0 Å². The van der Waals surface area contributed by atoms with Gasteiger partial charge in [0.15, 0.2) is 11.5 Å². The van der Waals surface area contributed by atoms with Crippen molar-refractivity contribution < 1.29 is 9.50 Å². The molecule has 1 fully saturated rings. The van der Waals surface area contributed by atoms with Gasteiger partial charge in [0.25, 0.3) is 0 Å². The Morgan fingerprint density at radius 2 is 1.97 bits per heavy atom. The number of nitrogens with one attached hydrogen (secondary N) is 1. The molecule has 0 saturated carbocycles. The first-order valence-electron chi connectivity index (χ1n) is 10.7. The Morgan fingerprint density at radius 3 is 2.68 bits per heavy atom. The number of imidazole rings is 1. The highest BCUT2D eigenvalue weighted by Crippen LogP contribution is 2.33. The summed E-state index contributed by atoms with van der Waals surface area (Å²) in [6, 6.07) is 6.99. The monoisotopic (exact) mass is 505 g/mol. The van der Waals surface area contributed by atoms with E-state index in [9.17, 15) is 9.50 Å². The molecule has 34 heavy (non-hydrogen) atoms. The zero-order valence-electron chi connectivity index (χ0n) is 18.8. The predicted octanol–water partition coefficient (Wildman–Crippen LogP) is 4.04. The maximum Gasteiger partial charge on any atom is 0.245 e. The quantitative estimate of drug-likeness (QED) is 0.432. The summed E-state index contributed by atoms with van der Waals surface area (Å²) < 4.78 is 16.1. The molecule has 4 aromatic rings.